The van der Waals surface area contributed by atoms with E-state index in [1.165, 1.54) is 0 Å². The lowest BCUT2D eigenvalue weighted by Crippen LogP contribution is -2.44. The maximum atomic E-state index is 5.01. The van der Waals surface area contributed by atoms with E-state index in [2.05, 4.69) is 0 Å². The summed E-state index contributed by atoms with van der Waals surface area (Å²) < 4.78 is 0. The predicted octanol–water partition coefficient (Wildman–Crippen LogP) is 2.63. The third kappa shape index (κ3) is 15.2. The smallest absolute Gasteiger partial charge is 0.225 e. The summed E-state index contributed by atoms with van der Waals surface area (Å²) in [5, 5.41) is 0. The van der Waals surface area contributed by atoms with Crippen LogP contribution in [0.1, 0.15) is 69.2 Å². The molecular formula is C21H42N2O16. The average Bonchev–Trinajstić information content (AvgIpc) is 2.90. The van der Waals surface area contributed by atoms with Crippen LogP contribution in [0.4, 0.5) is 0 Å². The van der Waals surface area contributed by atoms with Gasteiger partial charge in [0, 0.05) is 0 Å². The highest BCUT2D eigenvalue weighted by atomic mass is 17.4. The van der Waals surface area contributed by atoms with Gasteiger partial charge in [0.05, 0.1) is 0 Å². The summed E-state index contributed by atoms with van der Waals surface area (Å²) in [5.41, 5.74) is 0. The number of rotatable bonds is 0. The highest BCUT2D eigenvalue weighted by Gasteiger charge is 2.38. The molecule has 232 valence electrons. The number of nitrogens with zero attached hydrogens (tertiary/aromatic N) is 2. The van der Waals surface area contributed by atoms with Crippen molar-refractivity contribution in [3.63, 3.8) is 0 Å². The molecule has 0 N–H and O–H groups in total. The molecule has 0 aromatic heterocycles. The lowest BCUT2D eigenvalue weighted by atomic mass is 10.4. The highest BCUT2D eigenvalue weighted by molar-refractivity contribution is 4.55. The average molecular weight is 579 g/mol. The van der Waals surface area contributed by atoms with E-state index in [1.54, 1.807) is 79.0 Å². The van der Waals surface area contributed by atoms with Crippen LogP contribution in [0.3, 0.4) is 0 Å². The zero-order valence-corrected chi connectivity index (χ0v) is 24.2. The minimum Gasteiger partial charge on any atom is -0.225 e. The predicted molar refractivity (Wildman–Crippen MR) is 121 cm³/mol. The van der Waals surface area contributed by atoms with Gasteiger partial charge in [-0.25, -0.2) is 39.1 Å². The van der Waals surface area contributed by atoms with Crippen molar-refractivity contribution in [3.05, 3.63) is 0 Å². The summed E-state index contributed by atoms with van der Waals surface area (Å²) >= 11 is 0. The molecule has 0 atom stereocenters. The normalized spacial score (nSPS) is 32.2. The van der Waals surface area contributed by atoms with Crippen LogP contribution in [0.2, 0.25) is 0 Å². The van der Waals surface area contributed by atoms with Crippen LogP contribution in [-0.4, -0.2) is 79.1 Å². The van der Waals surface area contributed by atoms with Gasteiger partial charge >= 0.3 is 0 Å². The highest BCUT2D eigenvalue weighted by Crippen LogP contribution is 2.28. The van der Waals surface area contributed by atoms with Gasteiger partial charge in [-0.05, 0) is 69.2 Å². The third-order valence-corrected chi connectivity index (χ3v) is 3.88. The first-order valence-electron chi connectivity index (χ1n) is 12.0. The van der Waals surface area contributed by atoms with Crippen LogP contribution in [-0.2, 0) is 78.2 Å². The number of fused-ring (bicyclic) bond motifs is 9. The first-order chi connectivity index (χ1) is 18.0. The second kappa shape index (κ2) is 15.0. The second-order valence-corrected chi connectivity index (χ2v) is 10.7. The molecule has 0 saturated carbocycles. The Kier molecular flexibility index (Phi) is 13.2. The SMILES string of the molecule is C1OOCN2COOCN1COOC2.CC1(C)OOC(C)(C)OO1.CC1(C)OOC(C)(C)OOC(C)(C)OO1. The fourth-order valence-electron chi connectivity index (χ4n) is 1.97. The molecule has 0 spiro atoms. The zero-order chi connectivity index (χ0) is 29.2. The van der Waals surface area contributed by atoms with Gasteiger partial charge in [0.1, 0.15) is 40.4 Å². The maximum Gasteiger partial charge on any atom is 0.228 e. The molecule has 0 radical (unpaired) electrons. The minimum atomic E-state index is -1.05. The fraction of sp³-hybridized carbons (Fsp3) is 1.00. The lowest BCUT2D eigenvalue weighted by molar-refractivity contribution is -0.644. The first-order valence-corrected chi connectivity index (χ1v) is 12.0. The molecule has 5 aliphatic rings. The second-order valence-electron chi connectivity index (χ2n) is 10.7. The van der Waals surface area contributed by atoms with Crippen molar-refractivity contribution in [3.8, 4) is 0 Å². The summed E-state index contributed by atoms with van der Waals surface area (Å²) in [6.07, 6.45) is 0. The Bertz CT molecular complexity index is 577. The Morgan fingerprint density at radius 1 is 0.282 bits per heavy atom. The Morgan fingerprint density at radius 2 is 0.410 bits per heavy atom. The van der Waals surface area contributed by atoms with Crippen LogP contribution >= 0.6 is 0 Å². The van der Waals surface area contributed by atoms with Gasteiger partial charge in [0.15, 0.2) is 0 Å². The van der Waals surface area contributed by atoms with Crippen molar-refractivity contribution in [2.45, 2.75) is 98.2 Å². The molecule has 5 heterocycles. The first kappa shape index (κ1) is 34.5. The summed E-state index contributed by atoms with van der Waals surface area (Å²) in [4.78, 5) is 82.0. The van der Waals surface area contributed by atoms with Crippen molar-refractivity contribution in [1.82, 2.24) is 9.80 Å². The Hall–Kier alpha value is -0.720. The van der Waals surface area contributed by atoms with Crippen molar-refractivity contribution in [2.75, 3.05) is 40.4 Å². The molecule has 18 heteroatoms. The van der Waals surface area contributed by atoms with Gasteiger partial charge in [-0.1, -0.05) is 0 Å². The number of hydrogen-bond acceptors (Lipinski definition) is 18. The van der Waals surface area contributed by atoms with E-state index in [-0.39, 0.29) is 40.4 Å². The van der Waals surface area contributed by atoms with Crippen molar-refractivity contribution < 1.29 is 78.2 Å². The molecule has 0 aromatic carbocycles. The molecule has 5 rings (SSSR count). The molecular weight excluding hydrogens is 536 g/mol. The number of hydrogen-bond donors (Lipinski definition) is 0. The van der Waals surface area contributed by atoms with Crippen LogP contribution in [0.5, 0.6) is 0 Å². The van der Waals surface area contributed by atoms with Gasteiger partial charge in [-0.3, -0.25) is 0 Å². The Balaban J connectivity index is 0.000000209. The molecule has 0 aromatic rings. The van der Waals surface area contributed by atoms with E-state index in [1.807, 2.05) is 0 Å². The Morgan fingerprint density at radius 3 is 0.538 bits per heavy atom. The van der Waals surface area contributed by atoms with Crippen LogP contribution < -0.4 is 0 Å². The van der Waals surface area contributed by atoms with Crippen molar-refractivity contribution >= 4 is 0 Å². The topological polar surface area (TPSA) is 154 Å². The molecule has 0 amide bonds. The largest absolute Gasteiger partial charge is 0.228 e. The van der Waals surface area contributed by atoms with Gasteiger partial charge in [0.25, 0.3) is 0 Å². The van der Waals surface area contributed by atoms with E-state index in [0.717, 1.165) is 0 Å². The molecule has 39 heavy (non-hydrogen) atoms. The fourth-order valence-corrected chi connectivity index (χ4v) is 1.97. The van der Waals surface area contributed by atoms with Crippen molar-refractivity contribution in [1.29, 1.82) is 0 Å². The molecule has 0 aliphatic carbocycles. The van der Waals surface area contributed by atoms with Gasteiger partial charge in [-0.15, -0.1) is 0 Å². The Labute approximate surface area is 227 Å². The molecule has 2 bridgehead atoms. The summed E-state index contributed by atoms with van der Waals surface area (Å²) in [7, 11) is 0. The molecule has 18 nitrogen and oxygen atoms in total. The van der Waals surface area contributed by atoms with E-state index in [4.69, 9.17) is 78.2 Å². The minimum absolute atomic E-state index is 0.223. The lowest BCUT2D eigenvalue weighted by Gasteiger charge is -2.35. The van der Waals surface area contributed by atoms with Crippen LogP contribution in [0, 0.1) is 0 Å². The van der Waals surface area contributed by atoms with Crippen molar-refractivity contribution in [2.24, 2.45) is 0 Å². The quantitative estimate of drug-likeness (QED) is 0.386. The summed E-state index contributed by atoms with van der Waals surface area (Å²) in [6.45, 7) is 18.0. The van der Waals surface area contributed by atoms with E-state index in [9.17, 15) is 0 Å². The summed E-state index contributed by atoms with van der Waals surface area (Å²) in [6, 6.07) is 0. The molecule has 5 fully saturated rings. The molecule has 5 saturated heterocycles. The van der Waals surface area contributed by atoms with Gasteiger partial charge < -0.3 is 0 Å². The van der Waals surface area contributed by atoms with E-state index >= 15 is 0 Å². The summed E-state index contributed by atoms with van der Waals surface area (Å²) in [5.74, 6) is -4.77. The zero-order valence-electron chi connectivity index (χ0n) is 24.2. The van der Waals surface area contributed by atoms with E-state index in [0.29, 0.717) is 0 Å². The maximum absolute atomic E-state index is 5.01. The van der Waals surface area contributed by atoms with Crippen LogP contribution in [0.25, 0.3) is 0 Å². The third-order valence-electron chi connectivity index (χ3n) is 3.88. The van der Waals surface area contributed by atoms with E-state index < -0.39 is 28.9 Å². The van der Waals surface area contributed by atoms with Gasteiger partial charge in [-0.2, -0.15) is 48.9 Å². The monoisotopic (exact) mass is 578 g/mol. The molecule has 0 unspecified atom stereocenters. The van der Waals surface area contributed by atoms with Crippen LogP contribution in [0.15, 0.2) is 0 Å². The standard InChI is InChI=1S/C9H18O6.C6H12N2O6.C6H12O4/c1-7(2)10-12-8(3,4)14-15-9(5,6)13-11-7;1-7-2-11-13-5-8(4-10-9-1)6-14-12-3-7;1-5(2)7-9-6(3,4)10-8-5/h1-6H3;1-6H2;1-4H3. The molecule has 5 aliphatic heterocycles. The van der Waals surface area contributed by atoms with Gasteiger partial charge in [0.2, 0.25) is 28.9 Å².